The van der Waals surface area contributed by atoms with Gasteiger partial charge in [0, 0.05) is 40.2 Å². The summed E-state index contributed by atoms with van der Waals surface area (Å²) < 4.78 is 4.98. The van der Waals surface area contributed by atoms with Crippen LogP contribution in [0.4, 0.5) is 5.69 Å². The molecule has 1 atom stereocenters. The molecule has 1 aromatic heterocycles. The van der Waals surface area contributed by atoms with Crippen LogP contribution in [0.25, 0.3) is 10.9 Å². The lowest BCUT2D eigenvalue weighted by molar-refractivity contribution is -0.135. The molecule has 0 spiro atoms. The largest absolute Gasteiger partial charge is 0.465 e. The molecule has 0 amide bonds. The first kappa shape index (κ1) is 17.8. The van der Waals surface area contributed by atoms with Crippen LogP contribution in [0.2, 0.25) is 0 Å². The third-order valence-electron chi connectivity index (χ3n) is 5.42. The lowest BCUT2D eigenvalue weighted by Gasteiger charge is -2.20. The molecule has 4 rings (SSSR count). The first-order valence-corrected chi connectivity index (χ1v) is 9.60. The fourth-order valence-electron chi connectivity index (χ4n) is 3.57. The third kappa shape index (κ3) is 3.64. The number of hydrogen-bond donors (Lipinski definition) is 2. The van der Waals surface area contributed by atoms with E-state index >= 15 is 0 Å². The Bertz CT molecular complexity index is 942. The molecule has 1 saturated carbocycles. The maximum Gasteiger partial charge on any atom is 0.341 e. The summed E-state index contributed by atoms with van der Waals surface area (Å²) in [5.41, 5.74) is 3.84. The molecule has 2 heterocycles. The van der Waals surface area contributed by atoms with Gasteiger partial charge in [0.2, 0.25) is 0 Å². The zero-order chi connectivity index (χ0) is 19.2. The zero-order valence-corrected chi connectivity index (χ0v) is 16.4. The Morgan fingerprint density at radius 3 is 2.70 bits per heavy atom. The van der Waals surface area contributed by atoms with Gasteiger partial charge < -0.3 is 15.0 Å². The lowest BCUT2D eigenvalue weighted by atomic mass is 9.92. The van der Waals surface area contributed by atoms with Gasteiger partial charge in [-0.15, -0.1) is 0 Å². The number of ether oxygens (including phenoxy) is 1. The summed E-state index contributed by atoms with van der Waals surface area (Å²) in [6.07, 6.45) is 4.51. The van der Waals surface area contributed by atoms with Crippen LogP contribution >= 0.6 is 0 Å². The van der Waals surface area contributed by atoms with Gasteiger partial charge in [0.1, 0.15) is 5.84 Å². The molecule has 1 fully saturated rings. The Hall–Kier alpha value is -2.56. The Morgan fingerprint density at radius 1 is 1.26 bits per heavy atom. The fourth-order valence-corrected chi connectivity index (χ4v) is 3.57. The highest BCUT2D eigenvalue weighted by Crippen LogP contribution is 2.39. The van der Waals surface area contributed by atoms with Gasteiger partial charge >= 0.3 is 5.97 Å². The Balaban J connectivity index is 1.60. The van der Waals surface area contributed by atoms with Gasteiger partial charge in [-0.25, -0.2) is 4.79 Å². The summed E-state index contributed by atoms with van der Waals surface area (Å²) in [4.78, 5) is 20.4. The number of amidine groups is 1. The highest BCUT2D eigenvalue weighted by molar-refractivity contribution is 6.24. The standard InChI is InChI=1S/C22H27N3O2/c1-22(2,3)19-11-14-9-16(7-8-18(14)25-19)24-20-17(21(26)27-4)10-15(12-23-20)13-5-6-13/h7-11,13,15,25H,5-6,12H2,1-4H3,(H,23,24)/t15-/m1/s1. The molecule has 1 aliphatic heterocycles. The molecule has 5 heteroatoms. The molecule has 1 aliphatic carbocycles. The summed E-state index contributed by atoms with van der Waals surface area (Å²) in [7, 11) is 1.42. The predicted octanol–water partition coefficient (Wildman–Crippen LogP) is 4.42. The van der Waals surface area contributed by atoms with E-state index in [2.05, 4.69) is 54.3 Å². The Morgan fingerprint density at radius 2 is 2.04 bits per heavy atom. The molecule has 0 unspecified atom stereocenters. The number of aromatic amines is 1. The number of carbonyl (C=O) groups is 1. The van der Waals surface area contributed by atoms with Gasteiger partial charge in [-0.1, -0.05) is 26.8 Å². The van der Waals surface area contributed by atoms with Crippen LogP contribution in [0.15, 0.2) is 40.9 Å². The number of H-pyrrole nitrogens is 1. The van der Waals surface area contributed by atoms with Crippen molar-refractivity contribution in [2.45, 2.75) is 39.0 Å². The highest BCUT2D eigenvalue weighted by atomic mass is 16.5. The summed E-state index contributed by atoms with van der Waals surface area (Å²) in [6.45, 7) is 7.31. The number of carbonyl (C=O) groups excluding carboxylic acids is 1. The van der Waals surface area contributed by atoms with Crippen molar-refractivity contribution in [2.75, 3.05) is 19.0 Å². The maximum absolute atomic E-state index is 12.3. The summed E-state index contributed by atoms with van der Waals surface area (Å²) >= 11 is 0. The molecule has 0 bridgehead atoms. The van der Waals surface area contributed by atoms with Gasteiger partial charge in [-0.3, -0.25) is 4.99 Å². The minimum Gasteiger partial charge on any atom is -0.465 e. The molecule has 0 radical (unpaired) electrons. The molecule has 2 N–H and O–H groups in total. The number of esters is 1. The van der Waals surface area contributed by atoms with E-state index in [0.717, 1.165) is 23.1 Å². The van der Waals surface area contributed by atoms with Crippen LogP contribution in [0.5, 0.6) is 0 Å². The van der Waals surface area contributed by atoms with Crippen molar-refractivity contribution in [1.29, 1.82) is 0 Å². The van der Waals surface area contributed by atoms with Crippen LogP contribution in [0.3, 0.4) is 0 Å². The molecule has 5 nitrogen and oxygen atoms in total. The van der Waals surface area contributed by atoms with Crippen molar-refractivity contribution in [3.63, 3.8) is 0 Å². The maximum atomic E-state index is 12.3. The first-order valence-electron chi connectivity index (χ1n) is 9.60. The number of nitrogens with zero attached hydrogens (tertiary/aromatic N) is 1. The topological polar surface area (TPSA) is 66.5 Å². The van der Waals surface area contributed by atoms with Crippen molar-refractivity contribution in [3.05, 3.63) is 41.6 Å². The second-order valence-corrected chi connectivity index (χ2v) is 8.62. The fraction of sp³-hybridized carbons (Fsp3) is 0.455. The van der Waals surface area contributed by atoms with Crippen molar-refractivity contribution in [2.24, 2.45) is 16.8 Å². The number of methoxy groups -OCH3 is 1. The number of dihydropyridines is 1. The molecule has 2 aromatic rings. The zero-order valence-electron chi connectivity index (χ0n) is 16.4. The highest BCUT2D eigenvalue weighted by Gasteiger charge is 2.34. The number of rotatable bonds is 3. The van der Waals surface area contributed by atoms with E-state index in [4.69, 9.17) is 4.74 Å². The first-order chi connectivity index (χ1) is 12.8. The average molecular weight is 365 g/mol. The van der Waals surface area contributed by atoms with Gasteiger partial charge in [-0.05, 0) is 43.0 Å². The number of anilines is 1. The van der Waals surface area contributed by atoms with Gasteiger partial charge in [-0.2, -0.15) is 0 Å². The number of hydrogen-bond acceptors (Lipinski definition) is 4. The van der Waals surface area contributed by atoms with Gasteiger partial charge in [0.25, 0.3) is 0 Å². The second-order valence-electron chi connectivity index (χ2n) is 8.62. The predicted molar refractivity (Wildman–Crippen MR) is 109 cm³/mol. The normalized spacial score (nSPS) is 20.2. The van der Waals surface area contributed by atoms with E-state index < -0.39 is 0 Å². The van der Waals surface area contributed by atoms with Crippen LogP contribution in [-0.2, 0) is 14.9 Å². The van der Waals surface area contributed by atoms with Crippen molar-refractivity contribution in [1.82, 2.24) is 4.98 Å². The number of aliphatic imine (C=N–C) groups is 1. The molecule has 142 valence electrons. The minimum absolute atomic E-state index is 0.0681. The van der Waals surface area contributed by atoms with Gasteiger partial charge in [0.15, 0.2) is 0 Å². The average Bonchev–Trinajstić information content (AvgIpc) is 3.39. The van der Waals surface area contributed by atoms with E-state index in [1.165, 1.54) is 25.6 Å². The second kappa shape index (κ2) is 6.55. The molecular weight excluding hydrogens is 338 g/mol. The SMILES string of the molecule is COC(=O)C1=C[C@@H](C2CC2)CN=C1Nc1ccc2[nH]c(C(C)(C)C)cc2c1. The van der Waals surface area contributed by atoms with Crippen molar-refractivity contribution in [3.8, 4) is 0 Å². The van der Waals surface area contributed by atoms with Crippen LogP contribution < -0.4 is 5.32 Å². The Labute approximate surface area is 159 Å². The minimum atomic E-state index is -0.329. The molecule has 27 heavy (non-hydrogen) atoms. The van der Waals surface area contributed by atoms with Gasteiger partial charge in [0.05, 0.1) is 12.7 Å². The van der Waals surface area contributed by atoms with E-state index in [1.54, 1.807) is 0 Å². The smallest absolute Gasteiger partial charge is 0.341 e. The quantitative estimate of drug-likeness (QED) is 0.792. The summed E-state index contributed by atoms with van der Waals surface area (Å²) in [5.74, 6) is 1.29. The monoisotopic (exact) mass is 365 g/mol. The van der Waals surface area contributed by atoms with E-state index in [9.17, 15) is 4.79 Å². The van der Waals surface area contributed by atoms with E-state index in [-0.39, 0.29) is 11.4 Å². The van der Waals surface area contributed by atoms with E-state index in [0.29, 0.717) is 23.2 Å². The van der Waals surface area contributed by atoms with Crippen LogP contribution in [-0.4, -0.2) is 30.4 Å². The van der Waals surface area contributed by atoms with Crippen LogP contribution in [0.1, 0.15) is 39.3 Å². The summed E-state index contributed by atoms with van der Waals surface area (Å²) in [6, 6.07) is 8.34. The Kier molecular flexibility index (Phi) is 4.33. The molecular formula is C22H27N3O2. The number of aromatic nitrogens is 1. The number of nitrogens with one attached hydrogen (secondary N) is 2. The molecule has 1 aromatic carbocycles. The van der Waals surface area contributed by atoms with Crippen LogP contribution in [0, 0.1) is 11.8 Å². The van der Waals surface area contributed by atoms with Crippen molar-refractivity contribution >= 4 is 28.4 Å². The number of fused-ring (bicyclic) bond motifs is 1. The number of benzene rings is 1. The molecule has 0 saturated heterocycles. The summed E-state index contributed by atoms with van der Waals surface area (Å²) in [5, 5.41) is 4.47. The van der Waals surface area contributed by atoms with E-state index in [1.807, 2.05) is 12.1 Å². The molecule has 2 aliphatic rings. The lowest BCUT2D eigenvalue weighted by Crippen LogP contribution is -2.28. The third-order valence-corrected chi connectivity index (χ3v) is 5.42. The van der Waals surface area contributed by atoms with Crippen molar-refractivity contribution < 1.29 is 9.53 Å².